The van der Waals surface area contributed by atoms with Gasteiger partial charge in [-0.3, -0.25) is 15.7 Å². The van der Waals surface area contributed by atoms with Crippen LogP contribution >= 0.6 is 11.6 Å². The van der Waals surface area contributed by atoms with Crippen molar-refractivity contribution in [2.24, 2.45) is 9.98 Å². The molecule has 0 spiro atoms. The van der Waals surface area contributed by atoms with Crippen LogP contribution in [-0.2, 0) is 0 Å². The van der Waals surface area contributed by atoms with Crippen LogP contribution < -0.4 is 5.48 Å². The fourth-order valence-corrected chi connectivity index (χ4v) is 0.938. The van der Waals surface area contributed by atoms with E-state index >= 15 is 0 Å². The van der Waals surface area contributed by atoms with Gasteiger partial charge in [-0.25, -0.2) is 4.99 Å². The summed E-state index contributed by atoms with van der Waals surface area (Å²) in [6, 6.07) is 0. The van der Waals surface area contributed by atoms with Gasteiger partial charge in [0.15, 0.2) is 0 Å². The molecule has 0 saturated carbocycles. The average molecular weight is 204 g/mol. The zero-order valence-electron chi connectivity index (χ0n) is 7.79. The van der Waals surface area contributed by atoms with E-state index in [9.17, 15) is 0 Å². The van der Waals surface area contributed by atoms with E-state index in [-0.39, 0.29) is 0 Å². The van der Waals surface area contributed by atoms with Crippen LogP contribution in [0, 0.1) is 0 Å². The second-order valence-corrected chi connectivity index (χ2v) is 2.53. The molecule has 0 amide bonds. The first kappa shape index (κ1) is 12.1. The third-order valence-electron chi connectivity index (χ3n) is 1.44. The van der Waals surface area contributed by atoms with Gasteiger partial charge >= 0.3 is 0 Å². The fraction of sp³-hybridized carbons (Fsp3) is 0.500. The lowest BCUT2D eigenvalue weighted by molar-refractivity contribution is 0.240. The molecule has 0 atom stereocenters. The van der Waals surface area contributed by atoms with Crippen molar-refractivity contribution in [3.8, 4) is 0 Å². The summed E-state index contributed by atoms with van der Waals surface area (Å²) in [5, 5.41) is 8.26. The highest BCUT2D eigenvalue weighted by Gasteiger charge is 1.94. The van der Waals surface area contributed by atoms with Crippen LogP contribution in [0.1, 0.15) is 13.3 Å². The quantitative estimate of drug-likeness (QED) is 0.316. The standard InChI is InChI=1S/C8H14ClN3O/c1-3-7(5-9)4-8(10-2)11-6-12-13/h4,6,13H,3,5H2,1-2H3,(H,10,11,12)/b7-4+. The lowest BCUT2D eigenvalue weighted by Crippen LogP contribution is -2.04. The minimum Gasteiger partial charge on any atom is -0.290 e. The molecule has 0 fully saturated rings. The maximum absolute atomic E-state index is 8.26. The van der Waals surface area contributed by atoms with E-state index in [2.05, 4.69) is 9.98 Å². The van der Waals surface area contributed by atoms with E-state index in [0.29, 0.717) is 11.7 Å². The van der Waals surface area contributed by atoms with Gasteiger partial charge in [-0.2, -0.15) is 0 Å². The van der Waals surface area contributed by atoms with Crippen molar-refractivity contribution in [2.75, 3.05) is 12.9 Å². The van der Waals surface area contributed by atoms with E-state index in [1.165, 1.54) is 0 Å². The zero-order valence-corrected chi connectivity index (χ0v) is 8.54. The molecule has 0 bridgehead atoms. The van der Waals surface area contributed by atoms with Crippen LogP contribution in [0.5, 0.6) is 0 Å². The number of alkyl halides is 1. The van der Waals surface area contributed by atoms with Crippen molar-refractivity contribution in [3.63, 3.8) is 0 Å². The summed E-state index contributed by atoms with van der Waals surface area (Å²) >= 11 is 5.66. The smallest absolute Gasteiger partial charge is 0.148 e. The lowest BCUT2D eigenvalue weighted by atomic mass is 10.2. The maximum Gasteiger partial charge on any atom is 0.148 e. The van der Waals surface area contributed by atoms with E-state index < -0.39 is 0 Å². The highest BCUT2D eigenvalue weighted by Crippen LogP contribution is 2.03. The number of hydrogen-bond donors (Lipinski definition) is 2. The Morgan fingerprint density at radius 1 is 1.62 bits per heavy atom. The van der Waals surface area contributed by atoms with Gasteiger partial charge in [-0.15, -0.1) is 11.6 Å². The molecule has 0 rings (SSSR count). The normalized spacial score (nSPS) is 13.8. The van der Waals surface area contributed by atoms with Crippen molar-refractivity contribution in [1.82, 2.24) is 5.48 Å². The molecule has 0 saturated heterocycles. The zero-order chi connectivity index (χ0) is 10.1. The van der Waals surface area contributed by atoms with Crippen LogP contribution in [0.15, 0.2) is 21.6 Å². The first-order chi connectivity index (χ1) is 6.28. The molecule has 0 aromatic rings. The average Bonchev–Trinajstić information content (AvgIpc) is 2.19. The predicted octanol–water partition coefficient (Wildman–Crippen LogP) is 1.60. The van der Waals surface area contributed by atoms with Crippen molar-refractivity contribution >= 4 is 23.8 Å². The second-order valence-electron chi connectivity index (χ2n) is 2.26. The van der Waals surface area contributed by atoms with Gasteiger partial charge in [0, 0.05) is 12.9 Å². The molecular weight excluding hydrogens is 190 g/mol. The monoisotopic (exact) mass is 203 g/mol. The van der Waals surface area contributed by atoms with Gasteiger partial charge in [0.25, 0.3) is 0 Å². The molecule has 0 heterocycles. The Balaban J connectivity index is 4.43. The van der Waals surface area contributed by atoms with E-state index in [1.807, 2.05) is 12.4 Å². The Labute approximate surface area is 83.0 Å². The highest BCUT2D eigenvalue weighted by atomic mass is 35.5. The molecule has 13 heavy (non-hydrogen) atoms. The van der Waals surface area contributed by atoms with Gasteiger partial charge in [0.1, 0.15) is 12.2 Å². The van der Waals surface area contributed by atoms with Crippen molar-refractivity contribution in [2.45, 2.75) is 13.3 Å². The van der Waals surface area contributed by atoms with E-state index in [4.69, 9.17) is 16.8 Å². The molecule has 0 aromatic heterocycles. The summed E-state index contributed by atoms with van der Waals surface area (Å²) in [6.07, 6.45) is 3.81. The van der Waals surface area contributed by atoms with Crippen molar-refractivity contribution < 1.29 is 5.21 Å². The number of allylic oxidation sites excluding steroid dienone is 1. The Kier molecular flexibility index (Phi) is 7.24. The third-order valence-corrected chi connectivity index (χ3v) is 1.79. The molecule has 4 nitrogen and oxygen atoms in total. The molecule has 0 aliphatic rings. The van der Waals surface area contributed by atoms with E-state index in [1.54, 1.807) is 13.1 Å². The largest absolute Gasteiger partial charge is 0.290 e. The Morgan fingerprint density at radius 2 is 2.31 bits per heavy atom. The summed E-state index contributed by atoms with van der Waals surface area (Å²) in [5.74, 6) is 0.997. The summed E-state index contributed by atoms with van der Waals surface area (Å²) in [4.78, 5) is 7.72. The predicted molar refractivity (Wildman–Crippen MR) is 55.9 cm³/mol. The fourth-order valence-electron chi connectivity index (χ4n) is 0.672. The van der Waals surface area contributed by atoms with Gasteiger partial charge in [-0.05, 0) is 12.5 Å². The van der Waals surface area contributed by atoms with Crippen molar-refractivity contribution in [3.05, 3.63) is 11.6 Å². The van der Waals surface area contributed by atoms with Gasteiger partial charge in [0.2, 0.25) is 0 Å². The minimum absolute atomic E-state index is 0.470. The first-order valence-corrected chi connectivity index (χ1v) is 4.46. The summed E-state index contributed by atoms with van der Waals surface area (Å²) in [7, 11) is 1.63. The number of halogens is 1. The summed E-state index contributed by atoms with van der Waals surface area (Å²) < 4.78 is 0. The number of nitrogens with zero attached hydrogens (tertiary/aromatic N) is 2. The van der Waals surface area contributed by atoms with Crippen LogP contribution in [0.25, 0.3) is 0 Å². The summed E-state index contributed by atoms with van der Waals surface area (Å²) in [6.45, 7) is 2.01. The van der Waals surface area contributed by atoms with Crippen LogP contribution in [-0.4, -0.2) is 30.3 Å². The van der Waals surface area contributed by atoms with Gasteiger partial charge in [-0.1, -0.05) is 12.5 Å². The van der Waals surface area contributed by atoms with Crippen LogP contribution in [0.2, 0.25) is 0 Å². The number of aliphatic imine (C=N–C) groups is 2. The lowest BCUT2D eigenvalue weighted by Gasteiger charge is -1.97. The topological polar surface area (TPSA) is 57.0 Å². The molecule has 0 aliphatic carbocycles. The first-order valence-electron chi connectivity index (χ1n) is 3.92. The number of rotatable bonds is 4. The minimum atomic E-state index is 0.470. The molecule has 0 radical (unpaired) electrons. The summed E-state index contributed by atoms with van der Waals surface area (Å²) in [5.41, 5.74) is 2.86. The highest BCUT2D eigenvalue weighted by molar-refractivity contribution is 6.19. The van der Waals surface area contributed by atoms with E-state index in [0.717, 1.165) is 18.3 Å². The van der Waals surface area contributed by atoms with Crippen molar-refractivity contribution in [1.29, 1.82) is 0 Å². The maximum atomic E-state index is 8.26. The van der Waals surface area contributed by atoms with Gasteiger partial charge < -0.3 is 0 Å². The molecule has 0 aliphatic heterocycles. The Bertz CT molecular complexity index is 217. The SMILES string of the molecule is CC/C(=C\C(N=CNO)=NC)CCl. The Hall–Kier alpha value is -0.870. The molecular formula is C8H14ClN3O. The van der Waals surface area contributed by atoms with Crippen LogP contribution in [0.3, 0.4) is 0 Å². The molecule has 5 heteroatoms. The molecule has 74 valence electrons. The Morgan fingerprint density at radius 3 is 2.69 bits per heavy atom. The number of hydrogen-bond acceptors (Lipinski definition) is 2. The molecule has 0 aromatic carbocycles. The van der Waals surface area contributed by atoms with Gasteiger partial charge in [0.05, 0.1) is 0 Å². The second kappa shape index (κ2) is 7.76. The number of nitrogens with one attached hydrogen (secondary N) is 1. The number of hydroxylamine groups is 1. The third kappa shape index (κ3) is 5.38. The molecule has 0 unspecified atom stereocenters. The number of amidine groups is 1. The van der Waals surface area contributed by atoms with Crippen LogP contribution in [0.4, 0.5) is 0 Å². The molecule has 2 N–H and O–H groups in total.